The van der Waals surface area contributed by atoms with Gasteiger partial charge >= 0.3 is 0 Å². The van der Waals surface area contributed by atoms with Gasteiger partial charge in [0.2, 0.25) is 0 Å². The number of aliphatic hydroxyl groups is 1. The zero-order chi connectivity index (χ0) is 16.9. The Kier molecular flexibility index (Phi) is 5.48. The molecule has 1 aliphatic heterocycles. The minimum Gasteiger partial charge on any atom is -0.392 e. The number of nitrogens with zero attached hydrogens (tertiary/aromatic N) is 3. The van der Waals surface area contributed by atoms with Gasteiger partial charge in [-0.1, -0.05) is 44.2 Å². The number of anilines is 1. The molecule has 1 aromatic carbocycles. The van der Waals surface area contributed by atoms with E-state index in [1.807, 2.05) is 24.4 Å². The molecule has 0 aliphatic carbocycles. The number of hydrogen-bond donors (Lipinski definition) is 1. The number of hydrogen-bond acceptors (Lipinski definition) is 4. The third kappa shape index (κ3) is 3.94. The number of aromatic nitrogens is 1. The lowest BCUT2D eigenvalue weighted by molar-refractivity contribution is 0.248. The number of benzene rings is 1. The van der Waals surface area contributed by atoms with Gasteiger partial charge in [0.05, 0.1) is 6.61 Å². The van der Waals surface area contributed by atoms with Gasteiger partial charge in [-0.15, -0.1) is 0 Å². The number of pyridine rings is 1. The van der Waals surface area contributed by atoms with Gasteiger partial charge in [-0.25, -0.2) is 4.98 Å². The Bertz CT molecular complexity index is 663. The second-order valence-corrected chi connectivity index (χ2v) is 6.81. The summed E-state index contributed by atoms with van der Waals surface area (Å²) in [5.41, 5.74) is 3.60. The molecule has 1 fully saturated rings. The van der Waals surface area contributed by atoms with Crippen LogP contribution < -0.4 is 4.90 Å². The zero-order valence-corrected chi connectivity index (χ0v) is 14.7. The molecule has 1 aliphatic rings. The van der Waals surface area contributed by atoms with Crippen molar-refractivity contribution in [1.82, 2.24) is 9.88 Å². The van der Waals surface area contributed by atoms with Gasteiger partial charge in [0, 0.05) is 38.9 Å². The molecule has 4 nitrogen and oxygen atoms in total. The summed E-state index contributed by atoms with van der Waals surface area (Å²) >= 11 is 0. The van der Waals surface area contributed by atoms with Crippen molar-refractivity contribution in [2.24, 2.45) is 0 Å². The summed E-state index contributed by atoms with van der Waals surface area (Å²) in [6.07, 6.45) is 1.90. The minimum atomic E-state index is 0.110. The number of rotatable bonds is 5. The standard InChI is InChI=1S/C20H27N3O/c1-16(2)19-7-4-8-21-20(19)23-11-9-22(10-12-23)14-17-5-3-6-18(13-17)15-24/h3-8,13,16,24H,9-12,14-15H2,1-2H3. The zero-order valence-electron chi connectivity index (χ0n) is 14.7. The van der Waals surface area contributed by atoms with E-state index in [4.69, 9.17) is 0 Å². The lowest BCUT2D eigenvalue weighted by Gasteiger charge is -2.36. The Morgan fingerprint density at radius 1 is 1.04 bits per heavy atom. The summed E-state index contributed by atoms with van der Waals surface area (Å²) in [5, 5.41) is 9.27. The normalized spacial score (nSPS) is 15.9. The Balaban J connectivity index is 1.62. The maximum atomic E-state index is 9.27. The molecule has 1 N–H and O–H groups in total. The van der Waals surface area contributed by atoms with Crippen molar-refractivity contribution in [2.75, 3.05) is 31.1 Å². The van der Waals surface area contributed by atoms with Gasteiger partial charge in [-0.3, -0.25) is 4.90 Å². The van der Waals surface area contributed by atoms with Gasteiger partial charge in [0.25, 0.3) is 0 Å². The number of aliphatic hydroxyl groups excluding tert-OH is 1. The summed E-state index contributed by atoms with van der Waals surface area (Å²) in [5.74, 6) is 1.64. The maximum absolute atomic E-state index is 9.27. The van der Waals surface area contributed by atoms with E-state index in [0.29, 0.717) is 5.92 Å². The first-order valence-corrected chi connectivity index (χ1v) is 8.78. The molecule has 0 unspecified atom stereocenters. The second-order valence-electron chi connectivity index (χ2n) is 6.81. The van der Waals surface area contributed by atoms with Crippen LogP contribution in [-0.4, -0.2) is 41.2 Å². The SMILES string of the molecule is CC(C)c1cccnc1N1CCN(Cc2cccc(CO)c2)CC1. The molecule has 3 rings (SSSR count). The van der Waals surface area contributed by atoms with Crippen LogP contribution in [0.15, 0.2) is 42.6 Å². The fourth-order valence-electron chi connectivity index (χ4n) is 3.33. The Morgan fingerprint density at radius 3 is 2.50 bits per heavy atom. The fourth-order valence-corrected chi connectivity index (χ4v) is 3.33. The van der Waals surface area contributed by atoms with Crippen molar-refractivity contribution in [3.05, 3.63) is 59.3 Å². The summed E-state index contributed by atoms with van der Waals surface area (Å²) in [7, 11) is 0. The molecule has 128 valence electrons. The molecule has 24 heavy (non-hydrogen) atoms. The first-order chi connectivity index (χ1) is 11.7. The summed E-state index contributed by atoms with van der Waals surface area (Å²) < 4.78 is 0. The summed E-state index contributed by atoms with van der Waals surface area (Å²) in [6, 6.07) is 12.5. The van der Waals surface area contributed by atoms with Crippen LogP contribution in [-0.2, 0) is 13.2 Å². The molecule has 0 radical (unpaired) electrons. The predicted octanol–water partition coefficient (Wildman–Crippen LogP) is 3.02. The van der Waals surface area contributed by atoms with Crippen LogP contribution in [0.1, 0.15) is 36.5 Å². The quantitative estimate of drug-likeness (QED) is 0.917. The van der Waals surface area contributed by atoms with Gasteiger partial charge in [0.15, 0.2) is 0 Å². The van der Waals surface area contributed by atoms with Crippen molar-refractivity contribution in [1.29, 1.82) is 0 Å². The maximum Gasteiger partial charge on any atom is 0.132 e. The van der Waals surface area contributed by atoms with Gasteiger partial charge < -0.3 is 10.0 Å². The average molecular weight is 325 g/mol. The van der Waals surface area contributed by atoms with Crippen LogP contribution in [0.3, 0.4) is 0 Å². The van der Waals surface area contributed by atoms with Crippen LogP contribution in [0.4, 0.5) is 5.82 Å². The minimum absolute atomic E-state index is 0.110. The van der Waals surface area contributed by atoms with Crippen molar-refractivity contribution in [3.63, 3.8) is 0 Å². The molecule has 2 heterocycles. The summed E-state index contributed by atoms with van der Waals surface area (Å²) in [6.45, 7) is 9.61. The van der Waals surface area contributed by atoms with E-state index >= 15 is 0 Å². The molecule has 0 atom stereocenters. The molecular formula is C20H27N3O. The third-order valence-electron chi connectivity index (χ3n) is 4.69. The van der Waals surface area contributed by atoms with Crippen molar-refractivity contribution in [3.8, 4) is 0 Å². The second kappa shape index (κ2) is 7.77. The van der Waals surface area contributed by atoms with Gasteiger partial charge in [0.1, 0.15) is 5.82 Å². The van der Waals surface area contributed by atoms with Crippen molar-refractivity contribution in [2.45, 2.75) is 32.9 Å². The molecular weight excluding hydrogens is 298 g/mol. The lowest BCUT2D eigenvalue weighted by Crippen LogP contribution is -2.46. The van der Waals surface area contributed by atoms with Crippen LogP contribution in [0.5, 0.6) is 0 Å². The van der Waals surface area contributed by atoms with E-state index in [1.54, 1.807) is 0 Å². The Morgan fingerprint density at radius 2 is 1.79 bits per heavy atom. The monoisotopic (exact) mass is 325 g/mol. The highest BCUT2D eigenvalue weighted by Gasteiger charge is 2.21. The molecule has 1 aromatic heterocycles. The van der Waals surface area contributed by atoms with Crippen molar-refractivity contribution >= 4 is 5.82 Å². The van der Waals surface area contributed by atoms with Crippen LogP contribution in [0.25, 0.3) is 0 Å². The van der Waals surface area contributed by atoms with Crippen LogP contribution >= 0.6 is 0 Å². The highest BCUT2D eigenvalue weighted by atomic mass is 16.3. The van der Waals surface area contributed by atoms with E-state index in [9.17, 15) is 5.11 Å². The predicted molar refractivity (Wildman–Crippen MR) is 98.2 cm³/mol. The van der Waals surface area contributed by atoms with E-state index < -0.39 is 0 Å². The Labute approximate surface area is 144 Å². The van der Waals surface area contributed by atoms with Crippen LogP contribution in [0.2, 0.25) is 0 Å². The van der Waals surface area contributed by atoms with Crippen molar-refractivity contribution < 1.29 is 5.11 Å². The molecule has 0 amide bonds. The molecule has 0 bridgehead atoms. The highest BCUT2D eigenvalue weighted by molar-refractivity contribution is 5.48. The molecule has 1 saturated heterocycles. The summed E-state index contributed by atoms with van der Waals surface area (Å²) in [4.78, 5) is 9.52. The van der Waals surface area contributed by atoms with Gasteiger partial charge in [-0.05, 0) is 28.7 Å². The van der Waals surface area contributed by atoms with Gasteiger partial charge in [-0.2, -0.15) is 0 Å². The molecule has 4 heteroatoms. The van der Waals surface area contributed by atoms with E-state index in [0.717, 1.165) is 44.1 Å². The van der Waals surface area contributed by atoms with E-state index in [2.05, 4.69) is 46.8 Å². The topological polar surface area (TPSA) is 39.6 Å². The molecule has 0 saturated carbocycles. The highest BCUT2D eigenvalue weighted by Crippen LogP contribution is 2.26. The van der Waals surface area contributed by atoms with E-state index in [-0.39, 0.29) is 6.61 Å². The fraction of sp³-hybridized carbons (Fsp3) is 0.450. The molecule has 0 spiro atoms. The van der Waals surface area contributed by atoms with E-state index in [1.165, 1.54) is 11.1 Å². The smallest absolute Gasteiger partial charge is 0.132 e. The number of piperazine rings is 1. The Hall–Kier alpha value is -1.91. The van der Waals surface area contributed by atoms with Crippen LogP contribution in [0, 0.1) is 0 Å². The first-order valence-electron chi connectivity index (χ1n) is 8.78. The third-order valence-corrected chi connectivity index (χ3v) is 4.69. The first kappa shape index (κ1) is 16.9. The molecule has 2 aromatic rings. The average Bonchev–Trinajstić information content (AvgIpc) is 2.62. The lowest BCUT2D eigenvalue weighted by atomic mass is 10.0. The largest absolute Gasteiger partial charge is 0.392 e.